The summed E-state index contributed by atoms with van der Waals surface area (Å²) >= 11 is 0. The molecule has 0 saturated carbocycles. The summed E-state index contributed by atoms with van der Waals surface area (Å²) in [5.74, 6) is -1.61. The van der Waals surface area contributed by atoms with Gasteiger partial charge in [0.1, 0.15) is 0 Å². The van der Waals surface area contributed by atoms with Crippen LogP contribution in [0.5, 0.6) is 0 Å². The summed E-state index contributed by atoms with van der Waals surface area (Å²) in [7, 11) is 0. The van der Waals surface area contributed by atoms with Gasteiger partial charge in [-0.1, -0.05) is 12.1 Å². The lowest BCUT2D eigenvalue weighted by Gasteiger charge is -2.19. The van der Waals surface area contributed by atoms with E-state index in [9.17, 15) is 8.78 Å². The second kappa shape index (κ2) is 4.53. The molecule has 4 heteroatoms. The second-order valence-electron chi connectivity index (χ2n) is 4.81. The molecule has 0 atom stereocenters. The first-order valence-electron chi connectivity index (χ1n) is 6.21. The molecule has 2 N–H and O–H groups in total. The van der Waals surface area contributed by atoms with E-state index in [4.69, 9.17) is 5.73 Å². The summed E-state index contributed by atoms with van der Waals surface area (Å²) in [4.78, 5) is 2.14. The van der Waals surface area contributed by atoms with E-state index in [0.717, 1.165) is 29.9 Å². The molecule has 2 aromatic carbocycles. The molecule has 3 rings (SSSR count). The molecular formula is C15H14F2N2. The Kier molecular flexibility index (Phi) is 2.85. The SMILES string of the molecule is Nc1ccc2c(c1)N(Cc1ccc(F)c(F)c1)CC2. The zero-order valence-corrected chi connectivity index (χ0v) is 10.4. The molecule has 98 valence electrons. The van der Waals surface area contributed by atoms with Gasteiger partial charge in [-0.15, -0.1) is 0 Å². The van der Waals surface area contributed by atoms with Gasteiger partial charge in [0.25, 0.3) is 0 Å². The van der Waals surface area contributed by atoms with Crippen LogP contribution < -0.4 is 10.6 Å². The number of benzene rings is 2. The molecule has 1 aliphatic heterocycles. The van der Waals surface area contributed by atoms with Gasteiger partial charge in [-0.2, -0.15) is 0 Å². The lowest BCUT2D eigenvalue weighted by molar-refractivity contribution is 0.507. The average Bonchev–Trinajstić information content (AvgIpc) is 2.77. The van der Waals surface area contributed by atoms with Crippen molar-refractivity contribution in [1.82, 2.24) is 0 Å². The molecule has 19 heavy (non-hydrogen) atoms. The Labute approximate surface area is 110 Å². The van der Waals surface area contributed by atoms with Crippen LogP contribution in [0.2, 0.25) is 0 Å². The molecule has 2 aromatic rings. The Morgan fingerprint density at radius 1 is 1.05 bits per heavy atom. The van der Waals surface area contributed by atoms with Gasteiger partial charge in [0.15, 0.2) is 11.6 Å². The highest BCUT2D eigenvalue weighted by Gasteiger charge is 2.19. The van der Waals surface area contributed by atoms with Gasteiger partial charge in [0.05, 0.1) is 0 Å². The number of halogens is 2. The smallest absolute Gasteiger partial charge is 0.159 e. The third-order valence-corrected chi connectivity index (χ3v) is 3.46. The largest absolute Gasteiger partial charge is 0.399 e. The Bertz CT molecular complexity index is 626. The molecule has 0 unspecified atom stereocenters. The molecule has 0 spiro atoms. The Hall–Kier alpha value is -2.10. The zero-order chi connectivity index (χ0) is 13.4. The van der Waals surface area contributed by atoms with Crippen LogP contribution in [0, 0.1) is 11.6 Å². The molecule has 0 radical (unpaired) electrons. The summed E-state index contributed by atoms with van der Waals surface area (Å²) in [6.07, 6.45) is 0.958. The minimum Gasteiger partial charge on any atom is -0.399 e. The fourth-order valence-corrected chi connectivity index (χ4v) is 2.49. The van der Waals surface area contributed by atoms with Gasteiger partial charge in [-0.25, -0.2) is 8.78 Å². The molecular weight excluding hydrogens is 246 g/mol. The van der Waals surface area contributed by atoms with Gasteiger partial charge in [0, 0.05) is 24.5 Å². The first-order chi connectivity index (χ1) is 9.13. The number of nitrogens with two attached hydrogens (primary N) is 1. The van der Waals surface area contributed by atoms with E-state index in [2.05, 4.69) is 4.90 Å². The molecule has 0 saturated heterocycles. The van der Waals surface area contributed by atoms with Crippen LogP contribution in [0.1, 0.15) is 11.1 Å². The Morgan fingerprint density at radius 2 is 1.89 bits per heavy atom. The van der Waals surface area contributed by atoms with Crippen molar-refractivity contribution >= 4 is 11.4 Å². The predicted molar refractivity (Wildman–Crippen MR) is 72.0 cm³/mol. The quantitative estimate of drug-likeness (QED) is 0.841. The van der Waals surface area contributed by atoms with Crippen molar-refractivity contribution in [2.45, 2.75) is 13.0 Å². The zero-order valence-electron chi connectivity index (χ0n) is 10.4. The highest BCUT2D eigenvalue weighted by molar-refractivity contribution is 5.64. The number of hydrogen-bond donors (Lipinski definition) is 1. The molecule has 0 amide bonds. The topological polar surface area (TPSA) is 29.3 Å². The van der Waals surface area contributed by atoms with Crippen LogP contribution in [0.3, 0.4) is 0 Å². The number of nitrogen functional groups attached to an aromatic ring is 1. The van der Waals surface area contributed by atoms with Crippen LogP contribution >= 0.6 is 0 Å². The molecule has 0 aliphatic carbocycles. The van der Waals surface area contributed by atoms with Crippen LogP contribution in [-0.2, 0) is 13.0 Å². The van der Waals surface area contributed by atoms with E-state index >= 15 is 0 Å². The summed E-state index contributed by atoms with van der Waals surface area (Å²) < 4.78 is 26.1. The number of rotatable bonds is 2. The predicted octanol–water partition coefficient (Wildman–Crippen LogP) is 3.11. The number of nitrogens with zero attached hydrogens (tertiary/aromatic N) is 1. The van der Waals surface area contributed by atoms with Gasteiger partial charge < -0.3 is 10.6 Å². The molecule has 1 aliphatic rings. The van der Waals surface area contributed by atoms with Crippen molar-refractivity contribution < 1.29 is 8.78 Å². The van der Waals surface area contributed by atoms with E-state index in [1.54, 1.807) is 6.07 Å². The Morgan fingerprint density at radius 3 is 2.68 bits per heavy atom. The Balaban J connectivity index is 1.86. The summed E-state index contributed by atoms with van der Waals surface area (Å²) in [5.41, 5.74) is 9.61. The first kappa shape index (κ1) is 12.0. The standard InChI is InChI=1S/C15H14F2N2/c16-13-4-1-10(7-14(13)17)9-19-6-5-11-2-3-12(18)8-15(11)19/h1-4,7-8H,5-6,9,18H2. The third kappa shape index (κ3) is 2.26. The first-order valence-corrected chi connectivity index (χ1v) is 6.21. The van der Waals surface area contributed by atoms with Crippen LogP contribution in [0.25, 0.3) is 0 Å². The summed E-state index contributed by atoms with van der Waals surface area (Å²) in [6, 6.07) is 9.88. The van der Waals surface area contributed by atoms with E-state index in [1.165, 1.54) is 17.7 Å². The minimum atomic E-state index is -0.810. The van der Waals surface area contributed by atoms with E-state index in [0.29, 0.717) is 6.54 Å². The van der Waals surface area contributed by atoms with Gasteiger partial charge in [-0.3, -0.25) is 0 Å². The maximum Gasteiger partial charge on any atom is 0.159 e. The van der Waals surface area contributed by atoms with Crippen LogP contribution in [0.4, 0.5) is 20.2 Å². The van der Waals surface area contributed by atoms with Gasteiger partial charge in [0.2, 0.25) is 0 Å². The van der Waals surface area contributed by atoms with Crippen molar-refractivity contribution in [3.63, 3.8) is 0 Å². The average molecular weight is 260 g/mol. The van der Waals surface area contributed by atoms with Crippen molar-refractivity contribution in [2.75, 3.05) is 17.2 Å². The van der Waals surface area contributed by atoms with Crippen molar-refractivity contribution in [3.8, 4) is 0 Å². The molecule has 0 bridgehead atoms. The van der Waals surface area contributed by atoms with Crippen molar-refractivity contribution in [3.05, 3.63) is 59.2 Å². The fraction of sp³-hybridized carbons (Fsp3) is 0.200. The van der Waals surface area contributed by atoms with Crippen LogP contribution in [0.15, 0.2) is 36.4 Å². The van der Waals surface area contributed by atoms with Gasteiger partial charge in [-0.05, 0) is 41.8 Å². The van der Waals surface area contributed by atoms with Gasteiger partial charge >= 0.3 is 0 Å². The van der Waals surface area contributed by atoms with E-state index in [1.807, 2.05) is 18.2 Å². The van der Waals surface area contributed by atoms with Crippen LogP contribution in [-0.4, -0.2) is 6.54 Å². The molecule has 2 nitrogen and oxygen atoms in total. The molecule has 0 aromatic heterocycles. The number of anilines is 2. The highest BCUT2D eigenvalue weighted by Crippen LogP contribution is 2.31. The monoisotopic (exact) mass is 260 g/mol. The van der Waals surface area contributed by atoms with E-state index in [-0.39, 0.29) is 0 Å². The number of hydrogen-bond acceptors (Lipinski definition) is 2. The second-order valence-corrected chi connectivity index (χ2v) is 4.81. The molecule has 1 heterocycles. The van der Waals surface area contributed by atoms with E-state index < -0.39 is 11.6 Å². The van der Waals surface area contributed by atoms with Crippen molar-refractivity contribution in [1.29, 1.82) is 0 Å². The fourth-order valence-electron chi connectivity index (χ4n) is 2.49. The lowest BCUT2D eigenvalue weighted by Crippen LogP contribution is -2.19. The normalized spacial score (nSPS) is 13.7. The summed E-state index contributed by atoms with van der Waals surface area (Å²) in [6.45, 7) is 1.44. The maximum atomic E-state index is 13.2. The summed E-state index contributed by atoms with van der Waals surface area (Å²) in [5, 5.41) is 0. The third-order valence-electron chi connectivity index (χ3n) is 3.46. The highest BCUT2D eigenvalue weighted by atomic mass is 19.2. The lowest BCUT2D eigenvalue weighted by atomic mass is 10.1. The molecule has 0 fully saturated rings. The minimum absolute atomic E-state index is 0.563. The maximum absolute atomic E-state index is 13.2. The number of fused-ring (bicyclic) bond motifs is 1. The van der Waals surface area contributed by atoms with Crippen molar-refractivity contribution in [2.24, 2.45) is 0 Å².